The van der Waals surface area contributed by atoms with E-state index in [1.165, 1.54) is 41.5 Å². The van der Waals surface area contributed by atoms with Crippen molar-refractivity contribution in [1.29, 1.82) is 0 Å². The van der Waals surface area contributed by atoms with Gasteiger partial charge >= 0.3 is 6.03 Å². The minimum absolute atomic E-state index is 0.0716. The number of thiophene rings is 1. The van der Waals surface area contributed by atoms with Crippen LogP contribution in [-0.2, 0) is 0 Å². The second-order valence-electron chi connectivity index (χ2n) is 7.98. The first-order valence-electron chi connectivity index (χ1n) is 10.7. The van der Waals surface area contributed by atoms with Gasteiger partial charge in [-0.05, 0) is 66.8 Å². The lowest BCUT2D eigenvalue weighted by Gasteiger charge is -2.35. The standard InChI is InChI=1S/C25H21FN4O4S/c1-13-11-16(7-8-17(13)26)30-14(2)21(24-28-23(29-34-24)20-5-4-10-35-20)22(27-25(30)32)15-6-9-19(33-3)18(31)12-15/h4-12,22,31H,1-3H3,(H,27,32). The largest absolute Gasteiger partial charge is 0.504 e. The lowest BCUT2D eigenvalue weighted by atomic mass is 9.94. The van der Waals surface area contributed by atoms with Gasteiger partial charge < -0.3 is 19.7 Å². The first-order valence-corrected chi connectivity index (χ1v) is 11.6. The van der Waals surface area contributed by atoms with Crippen molar-refractivity contribution in [2.75, 3.05) is 12.0 Å². The fraction of sp³-hybridized carbons (Fsp3) is 0.160. The molecule has 0 fully saturated rings. The highest BCUT2D eigenvalue weighted by Gasteiger charge is 2.37. The summed E-state index contributed by atoms with van der Waals surface area (Å²) >= 11 is 1.48. The van der Waals surface area contributed by atoms with Crippen LogP contribution in [0.5, 0.6) is 11.5 Å². The van der Waals surface area contributed by atoms with Crippen LogP contribution in [0.3, 0.4) is 0 Å². The monoisotopic (exact) mass is 492 g/mol. The molecular weight excluding hydrogens is 471 g/mol. The molecule has 0 aliphatic carbocycles. The Morgan fingerprint density at radius 2 is 2.03 bits per heavy atom. The van der Waals surface area contributed by atoms with Gasteiger partial charge in [0.05, 0.1) is 29.3 Å². The molecule has 5 rings (SSSR count). The van der Waals surface area contributed by atoms with E-state index in [-0.39, 0.29) is 17.5 Å². The van der Waals surface area contributed by atoms with Crippen LogP contribution in [0.2, 0.25) is 0 Å². The summed E-state index contributed by atoms with van der Waals surface area (Å²) in [7, 11) is 1.46. The average molecular weight is 493 g/mol. The molecule has 35 heavy (non-hydrogen) atoms. The maximum Gasteiger partial charge on any atom is 0.326 e. The van der Waals surface area contributed by atoms with Crippen LogP contribution in [-0.4, -0.2) is 28.4 Å². The lowest BCUT2D eigenvalue weighted by Crippen LogP contribution is -2.46. The smallest absolute Gasteiger partial charge is 0.326 e. The Kier molecular flexibility index (Phi) is 5.73. The van der Waals surface area contributed by atoms with E-state index in [1.807, 2.05) is 17.5 Å². The fourth-order valence-electron chi connectivity index (χ4n) is 4.07. The van der Waals surface area contributed by atoms with E-state index in [4.69, 9.17) is 9.26 Å². The highest BCUT2D eigenvalue weighted by Crippen LogP contribution is 2.41. The summed E-state index contributed by atoms with van der Waals surface area (Å²) in [6.07, 6.45) is 0. The molecule has 4 aromatic rings. The van der Waals surface area contributed by atoms with E-state index in [1.54, 1.807) is 32.0 Å². The van der Waals surface area contributed by atoms with Crippen molar-refractivity contribution >= 4 is 28.6 Å². The van der Waals surface area contributed by atoms with Gasteiger partial charge in [0.1, 0.15) is 5.82 Å². The Balaban J connectivity index is 1.67. The van der Waals surface area contributed by atoms with Crippen LogP contribution in [0, 0.1) is 12.7 Å². The summed E-state index contributed by atoms with van der Waals surface area (Å²) in [5.74, 6) is 0.511. The van der Waals surface area contributed by atoms with E-state index in [0.29, 0.717) is 39.7 Å². The molecule has 8 nitrogen and oxygen atoms in total. The summed E-state index contributed by atoms with van der Waals surface area (Å²) in [5.41, 5.74) is 2.57. The summed E-state index contributed by atoms with van der Waals surface area (Å²) in [6, 6.07) is 12.0. The quantitative estimate of drug-likeness (QED) is 0.373. The first kappa shape index (κ1) is 22.6. The maximum absolute atomic E-state index is 13.9. The number of halogens is 1. The van der Waals surface area contributed by atoms with Crippen molar-refractivity contribution in [2.24, 2.45) is 0 Å². The molecule has 3 heterocycles. The molecule has 2 aromatic heterocycles. The van der Waals surface area contributed by atoms with Crippen molar-refractivity contribution < 1.29 is 23.6 Å². The molecule has 0 saturated heterocycles. The normalized spacial score (nSPS) is 15.9. The molecule has 1 unspecified atom stereocenters. The Hall–Kier alpha value is -4.18. The van der Waals surface area contributed by atoms with Crippen LogP contribution < -0.4 is 15.0 Å². The minimum Gasteiger partial charge on any atom is -0.504 e. The molecule has 0 bridgehead atoms. The molecular formula is C25H21FN4O4S. The molecule has 1 aliphatic rings. The van der Waals surface area contributed by atoms with Crippen LogP contribution in [0.4, 0.5) is 14.9 Å². The van der Waals surface area contributed by atoms with Gasteiger partial charge in [0.25, 0.3) is 5.89 Å². The summed E-state index contributed by atoms with van der Waals surface area (Å²) in [6.45, 7) is 3.40. The van der Waals surface area contributed by atoms with Gasteiger partial charge in [-0.15, -0.1) is 11.3 Å². The van der Waals surface area contributed by atoms with E-state index in [2.05, 4.69) is 15.5 Å². The zero-order valence-corrected chi connectivity index (χ0v) is 19.9. The van der Waals surface area contributed by atoms with Gasteiger partial charge in [0.15, 0.2) is 11.5 Å². The first-order chi connectivity index (χ1) is 16.9. The number of urea groups is 1. The van der Waals surface area contributed by atoms with Gasteiger partial charge in [0.2, 0.25) is 5.82 Å². The number of anilines is 1. The number of phenolic OH excluding ortho intramolecular Hbond substituents is 1. The Morgan fingerprint density at radius 1 is 1.20 bits per heavy atom. The average Bonchev–Trinajstić information content (AvgIpc) is 3.53. The second-order valence-corrected chi connectivity index (χ2v) is 8.93. The molecule has 2 aromatic carbocycles. The molecule has 0 spiro atoms. The molecule has 0 radical (unpaired) electrons. The van der Waals surface area contributed by atoms with Crippen molar-refractivity contribution in [3.8, 4) is 22.2 Å². The van der Waals surface area contributed by atoms with E-state index in [0.717, 1.165) is 4.88 Å². The third kappa shape index (κ3) is 4.01. The van der Waals surface area contributed by atoms with E-state index < -0.39 is 12.1 Å². The number of benzene rings is 2. The number of carbonyl (C=O) groups excluding carboxylic acids is 1. The van der Waals surface area contributed by atoms with Crippen LogP contribution in [0.1, 0.15) is 30.0 Å². The summed E-state index contributed by atoms with van der Waals surface area (Å²) in [5, 5.41) is 19.4. The van der Waals surface area contributed by atoms with Gasteiger partial charge in [-0.25, -0.2) is 9.18 Å². The Labute approximate surface area is 204 Å². The molecule has 1 aliphatic heterocycles. The van der Waals surface area contributed by atoms with Crippen molar-refractivity contribution in [3.63, 3.8) is 0 Å². The Morgan fingerprint density at radius 3 is 2.71 bits per heavy atom. The number of rotatable bonds is 5. The number of hydrogen-bond acceptors (Lipinski definition) is 7. The number of hydrogen-bond donors (Lipinski definition) is 2. The maximum atomic E-state index is 13.9. The number of amides is 2. The van der Waals surface area contributed by atoms with Gasteiger partial charge in [-0.3, -0.25) is 4.90 Å². The lowest BCUT2D eigenvalue weighted by molar-refractivity contribution is 0.244. The summed E-state index contributed by atoms with van der Waals surface area (Å²) < 4.78 is 24.7. The predicted octanol–water partition coefficient (Wildman–Crippen LogP) is 5.66. The molecule has 2 N–H and O–H groups in total. The number of phenols is 1. The molecule has 1 atom stereocenters. The van der Waals surface area contributed by atoms with E-state index >= 15 is 0 Å². The highest BCUT2D eigenvalue weighted by molar-refractivity contribution is 7.13. The SMILES string of the molecule is COc1ccc(C2NC(=O)N(c3ccc(F)c(C)c3)C(C)=C2c2nc(-c3cccs3)no2)cc1O. The number of aromatic nitrogens is 2. The Bertz CT molecular complexity index is 1450. The topological polar surface area (TPSA) is 101 Å². The van der Waals surface area contributed by atoms with E-state index in [9.17, 15) is 14.3 Å². The third-order valence-electron chi connectivity index (χ3n) is 5.82. The zero-order valence-electron chi connectivity index (χ0n) is 19.1. The third-order valence-corrected chi connectivity index (χ3v) is 6.68. The number of ether oxygens (including phenoxy) is 1. The zero-order chi connectivity index (χ0) is 24.7. The van der Waals surface area contributed by atoms with Gasteiger partial charge in [-0.2, -0.15) is 4.98 Å². The van der Waals surface area contributed by atoms with Crippen LogP contribution in [0.15, 0.2) is 64.1 Å². The van der Waals surface area contributed by atoms with Gasteiger partial charge in [-0.1, -0.05) is 17.3 Å². The minimum atomic E-state index is -0.700. The number of aryl methyl sites for hydroxylation is 1. The second kappa shape index (κ2) is 8.88. The molecule has 2 amide bonds. The highest BCUT2D eigenvalue weighted by atomic mass is 32.1. The van der Waals surface area contributed by atoms with Crippen molar-refractivity contribution in [1.82, 2.24) is 15.5 Å². The number of carbonyl (C=O) groups is 1. The van der Waals surface area contributed by atoms with Gasteiger partial charge in [0, 0.05) is 5.70 Å². The number of allylic oxidation sites excluding steroid dienone is 1. The van der Waals surface area contributed by atoms with Crippen LogP contribution >= 0.6 is 11.3 Å². The number of nitrogens with zero attached hydrogens (tertiary/aromatic N) is 3. The number of nitrogens with one attached hydrogen (secondary N) is 1. The van der Waals surface area contributed by atoms with Crippen molar-refractivity contribution in [3.05, 3.63) is 82.4 Å². The predicted molar refractivity (Wildman–Crippen MR) is 130 cm³/mol. The van der Waals surface area contributed by atoms with Crippen molar-refractivity contribution in [2.45, 2.75) is 19.9 Å². The molecule has 178 valence electrons. The van der Waals surface area contributed by atoms with Crippen LogP contribution in [0.25, 0.3) is 16.3 Å². The molecule has 0 saturated carbocycles. The number of methoxy groups -OCH3 is 1. The number of aromatic hydroxyl groups is 1. The summed E-state index contributed by atoms with van der Waals surface area (Å²) in [4.78, 5) is 20.2. The molecule has 10 heteroatoms. The fourth-order valence-corrected chi connectivity index (χ4v) is 4.72.